The Hall–Kier alpha value is -3.33. The summed E-state index contributed by atoms with van der Waals surface area (Å²) in [4.78, 5) is 27.8. The number of alkyl halides is 3. The van der Waals surface area contributed by atoms with Gasteiger partial charge in [-0.3, -0.25) is 9.59 Å². The van der Waals surface area contributed by atoms with E-state index in [1.807, 2.05) is 11.9 Å². The molecule has 1 aliphatic rings. The van der Waals surface area contributed by atoms with Crippen LogP contribution in [0.5, 0.6) is 0 Å². The molecule has 0 radical (unpaired) electrons. The number of nitrogens with one attached hydrogen (secondary N) is 2. The van der Waals surface area contributed by atoms with Crippen molar-refractivity contribution >= 4 is 29.3 Å². The minimum absolute atomic E-state index is 0.238. The molecule has 1 heterocycles. The van der Waals surface area contributed by atoms with Crippen LogP contribution >= 0.6 is 0 Å². The Kier molecular flexibility index (Phi) is 7.19. The first-order valence-electron chi connectivity index (χ1n) is 10.1. The van der Waals surface area contributed by atoms with E-state index < -0.39 is 17.6 Å². The highest BCUT2D eigenvalue weighted by molar-refractivity contribution is 6.02. The topological polar surface area (TPSA) is 64.7 Å². The Morgan fingerprint density at radius 2 is 1.66 bits per heavy atom. The molecular formula is C23H25F3N4O2. The van der Waals surface area contributed by atoms with Gasteiger partial charge < -0.3 is 20.4 Å². The van der Waals surface area contributed by atoms with Crippen LogP contribution in [0.1, 0.15) is 21.5 Å². The van der Waals surface area contributed by atoms with Crippen molar-refractivity contribution in [3.05, 3.63) is 65.2 Å². The number of anilines is 2. The van der Waals surface area contributed by atoms with E-state index in [1.165, 1.54) is 19.2 Å². The molecule has 6 nitrogen and oxygen atoms in total. The molecule has 0 spiro atoms. The molecule has 32 heavy (non-hydrogen) atoms. The van der Waals surface area contributed by atoms with Gasteiger partial charge in [-0.25, -0.2) is 0 Å². The zero-order valence-corrected chi connectivity index (χ0v) is 17.9. The third kappa shape index (κ3) is 5.88. The Balaban J connectivity index is 1.73. The van der Waals surface area contributed by atoms with Gasteiger partial charge in [-0.2, -0.15) is 13.2 Å². The Bertz CT molecular complexity index is 995. The summed E-state index contributed by atoms with van der Waals surface area (Å²) < 4.78 is 41.0. The van der Waals surface area contributed by atoms with E-state index in [9.17, 15) is 22.8 Å². The van der Waals surface area contributed by atoms with Gasteiger partial charge in [0.2, 0.25) is 5.91 Å². The second kappa shape index (κ2) is 9.86. The fourth-order valence-corrected chi connectivity index (χ4v) is 3.37. The fraction of sp³-hybridized carbons (Fsp3) is 0.304. The first-order valence-corrected chi connectivity index (χ1v) is 10.1. The SMILES string of the molecule is CNC(=O)c1ccc(/C=C/C(=O)Nc2ccc(N3CCN(C)CC3)cc2C(F)(F)F)cc1. The maximum absolute atomic E-state index is 13.7. The number of piperazine rings is 1. The second-order valence-electron chi connectivity index (χ2n) is 7.54. The number of carbonyl (C=O) groups is 2. The molecule has 2 amide bonds. The van der Waals surface area contributed by atoms with Gasteiger partial charge >= 0.3 is 6.18 Å². The fourth-order valence-electron chi connectivity index (χ4n) is 3.37. The van der Waals surface area contributed by atoms with Crippen LogP contribution in [0.15, 0.2) is 48.5 Å². The summed E-state index contributed by atoms with van der Waals surface area (Å²) in [5.41, 5.74) is 0.402. The highest BCUT2D eigenvalue weighted by Gasteiger charge is 2.34. The zero-order valence-electron chi connectivity index (χ0n) is 17.9. The summed E-state index contributed by atoms with van der Waals surface area (Å²) >= 11 is 0. The molecule has 3 rings (SSSR count). The number of amides is 2. The van der Waals surface area contributed by atoms with Crippen LogP contribution in [0.4, 0.5) is 24.5 Å². The van der Waals surface area contributed by atoms with Crippen LogP contribution in [0.3, 0.4) is 0 Å². The molecule has 0 aromatic heterocycles. The lowest BCUT2D eigenvalue weighted by atomic mass is 10.1. The van der Waals surface area contributed by atoms with Gasteiger partial charge in [-0.1, -0.05) is 12.1 Å². The predicted octanol–water partition coefficient (Wildman–Crippen LogP) is 3.47. The van der Waals surface area contributed by atoms with Gasteiger partial charge in [0.1, 0.15) is 0 Å². The number of carbonyl (C=O) groups excluding carboxylic acids is 2. The molecule has 1 aliphatic heterocycles. The molecule has 0 saturated carbocycles. The quantitative estimate of drug-likeness (QED) is 0.691. The zero-order chi connectivity index (χ0) is 23.3. The minimum atomic E-state index is -4.61. The molecular weight excluding hydrogens is 421 g/mol. The first-order chi connectivity index (χ1) is 15.2. The van der Waals surface area contributed by atoms with E-state index in [1.54, 1.807) is 30.3 Å². The molecule has 0 aliphatic carbocycles. The summed E-state index contributed by atoms with van der Waals surface area (Å²) in [7, 11) is 3.49. The standard InChI is InChI=1S/C23H25F3N4O2/c1-27-22(32)17-6-3-16(4-7-17)5-10-21(31)28-20-9-8-18(15-19(20)23(24,25)26)30-13-11-29(2)12-14-30/h3-10,15H,11-14H2,1-2H3,(H,27,32)(H,28,31)/b10-5+. The molecule has 0 unspecified atom stereocenters. The normalized spacial score (nSPS) is 15.1. The van der Waals surface area contributed by atoms with Crippen molar-refractivity contribution in [1.82, 2.24) is 10.2 Å². The van der Waals surface area contributed by atoms with Crippen molar-refractivity contribution in [2.24, 2.45) is 0 Å². The number of nitrogens with zero attached hydrogens (tertiary/aromatic N) is 2. The van der Waals surface area contributed by atoms with E-state index in [0.29, 0.717) is 29.9 Å². The lowest BCUT2D eigenvalue weighted by Crippen LogP contribution is -2.44. The minimum Gasteiger partial charge on any atom is -0.369 e. The van der Waals surface area contributed by atoms with E-state index in [4.69, 9.17) is 0 Å². The van der Waals surface area contributed by atoms with Crippen molar-refractivity contribution in [3.63, 3.8) is 0 Å². The average Bonchev–Trinajstić information content (AvgIpc) is 2.77. The smallest absolute Gasteiger partial charge is 0.369 e. The Morgan fingerprint density at radius 3 is 2.25 bits per heavy atom. The van der Waals surface area contributed by atoms with Gasteiger partial charge in [0.25, 0.3) is 5.91 Å². The van der Waals surface area contributed by atoms with E-state index >= 15 is 0 Å². The number of halogens is 3. The van der Waals surface area contributed by atoms with Crippen LogP contribution in [0, 0.1) is 0 Å². The molecule has 1 fully saturated rings. The lowest BCUT2D eigenvalue weighted by Gasteiger charge is -2.34. The lowest BCUT2D eigenvalue weighted by molar-refractivity contribution is -0.136. The van der Waals surface area contributed by atoms with E-state index in [-0.39, 0.29) is 11.6 Å². The van der Waals surface area contributed by atoms with Crippen molar-refractivity contribution in [1.29, 1.82) is 0 Å². The number of likely N-dealkylation sites (N-methyl/N-ethyl adjacent to an activating group) is 1. The monoisotopic (exact) mass is 446 g/mol. The predicted molar refractivity (Wildman–Crippen MR) is 119 cm³/mol. The summed E-state index contributed by atoms with van der Waals surface area (Å²) in [6, 6.07) is 10.4. The summed E-state index contributed by atoms with van der Waals surface area (Å²) in [5.74, 6) is -0.920. The molecule has 2 aromatic carbocycles. The van der Waals surface area contributed by atoms with Crippen molar-refractivity contribution < 1.29 is 22.8 Å². The maximum Gasteiger partial charge on any atom is 0.418 e. The average molecular weight is 446 g/mol. The van der Waals surface area contributed by atoms with Crippen molar-refractivity contribution in [3.8, 4) is 0 Å². The Morgan fingerprint density at radius 1 is 1.00 bits per heavy atom. The molecule has 2 aromatic rings. The van der Waals surface area contributed by atoms with Gasteiger partial charge in [0.15, 0.2) is 0 Å². The number of hydrogen-bond acceptors (Lipinski definition) is 4. The van der Waals surface area contributed by atoms with Gasteiger partial charge in [-0.15, -0.1) is 0 Å². The van der Waals surface area contributed by atoms with Crippen LogP contribution in [-0.2, 0) is 11.0 Å². The van der Waals surface area contributed by atoms with Gasteiger partial charge in [0.05, 0.1) is 11.3 Å². The third-order valence-electron chi connectivity index (χ3n) is 5.26. The van der Waals surface area contributed by atoms with Crippen LogP contribution < -0.4 is 15.5 Å². The summed E-state index contributed by atoms with van der Waals surface area (Å²) in [6.07, 6.45) is -1.98. The number of rotatable bonds is 5. The first kappa shape index (κ1) is 23.3. The van der Waals surface area contributed by atoms with Crippen LogP contribution in [-0.4, -0.2) is 57.0 Å². The van der Waals surface area contributed by atoms with E-state index in [2.05, 4.69) is 15.5 Å². The number of benzene rings is 2. The molecule has 170 valence electrons. The second-order valence-corrected chi connectivity index (χ2v) is 7.54. The van der Waals surface area contributed by atoms with Crippen molar-refractivity contribution in [2.75, 3.05) is 50.5 Å². The molecule has 0 bridgehead atoms. The summed E-state index contributed by atoms with van der Waals surface area (Å²) in [5, 5.41) is 4.83. The molecule has 2 N–H and O–H groups in total. The highest BCUT2D eigenvalue weighted by Crippen LogP contribution is 2.37. The van der Waals surface area contributed by atoms with Crippen LogP contribution in [0.2, 0.25) is 0 Å². The van der Waals surface area contributed by atoms with Gasteiger partial charge in [0, 0.05) is 50.6 Å². The van der Waals surface area contributed by atoms with Crippen molar-refractivity contribution in [2.45, 2.75) is 6.18 Å². The van der Waals surface area contributed by atoms with E-state index in [0.717, 1.165) is 25.2 Å². The molecule has 1 saturated heterocycles. The molecule has 0 atom stereocenters. The Labute approximate surface area is 184 Å². The van der Waals surface area contributed by atoms with Gasteiger partial charge in [-0.05, 0) is 49.0 Å². The largest absolute Gasteiger partial charge is 0.418 e. The summed E-state index contributed by atoms with van der Waals surface area (Å²) in [6.45, 7) is 2.82. The third-order valence-corrected chi connectivity index (χ3v) is 5.26. The highest BCUT2D eigenvalue weighted by atomic mass is 19.4. The maximum atomic E-state index is 13.7. The van der Waals surface area contributed by atoms with Crippen LogP contribution in [0.25, 0.3) is 6.08 Å². The molecule has 9 heteroatoms. The number of hydrogen-bond donors (Lipinski definition) is 2.